The topological polar surface area (TPSA) is 95.1 Å². The van der Waals surface area contributed by atoms with Crippen molar-refractivity contribution in [3.63, 3.8) is 0 Å². The van der Waals surface area contributed by atoms with Gasteiger partial charge in [0.15, 0.2) is 5.82 Å². The fourth-order valence-electron chi connectivity index (χ4n) is 3.48. The summed E-state index contributed by atoms with van der Waals surface area (Å²) in [6.07, 6.45) is 8.10. The van der Waals surface area contributed by atoms with Gasteiger partial charge >= 0.3 is 0 Å². The number of allylic oxidation sites excluding steroid dienone is 1. The average molecular weight is 430 g/mol. The maximum atomic E-state index is 12.4. The van der Waals surface area contributed by atoms with E-state index in [1.807, 2.05) is 39.0 Å². The minimum absolute atomic E-state index is 0.0206. The number of rotatable bonds is 9. The number of benzene rings is 1. The quantitative estimate of drug-likeness (QED) is 0.359. The predicted molar refractivity (Wildman–Crippen MR) is 120 cm³/mol. The summed E-state index contributed by atoms with van der Waals surface area (Å²) in [5, 5.41) is 11.4. The number of amides is 1. The van der Waals surface area contributed by atoms with E-state index in [-0.39, 0.29) is 17.8 Å². The predicted octanol–water partition coefficient (Wildman–Crippen LogP) is 3.68. The van der Waals surface area contributed by atoms with Crippen LogP contribution in [-0.4, -0.2) is 32.6 Å². The summed E-state index contributed by atoms with van der Waals surface area (Å²) in [5.41, 5.74) is 3.57. The van der Waals surface area contributed by atoms with Crippen molar-refractivity contribution in [2.24, 2.45) is 0 Å². The molecule has 0 fully saturated rings. The van der Waals surface area contributed by atoms with Crippen LogP contribution in [0.1, 0.15) is 56.0 Å². The van der Waals surface area contributed by atoms with Crippen LogP contribution in [0.25, 0.3) is 0 Å². The summed E-state index contributed by atoms with van der Waals surface area (Å²) in [7, 11) is 0. The largest absolute Gasteiger partial charge is 0.485 e. The number of nitrogens with zero attached hydrogens (tertiary/aromatic N) is 3. The van der Waals surface area contributed by atoms with Crippen LogP contribution in [0.4, 0.5) is 0 Å². The number of carbonyl (C=O) groups is 1. The fourth-order valence-corrected chi connectivity index (χ4v) is 4.30. The molecule has 30 heavy (non-hydrogen) atoms. The molecule has 1 aliphatic rings. The van der Waals surface area contributed by atoms with E-state index in [0.717, 1.165) is 36.1 Å². The van der Waals surface area contributed by atoms with Crippen molar-refractivity contribution >= 4 is 17.7 Å². The van der Waals surface area contributed by atoms with E-state index in [1.165, 1.54) is 34.9 Å². The Morgan fingerprint density at radius 1 is 1.30 bits per heavy atom. The number of nitrogens with one attached hydrogen (secondary N) is 1. The van der Waals surface area contributed by atoms with E-state index < -0.39 is 0 Å². The standard InChI is InChI=1S/C22H31N5O2S/c1-15-8-7-9-16(2)20(15)29-14-19-25-26-22(27(19)23)30-17(3)21(28)24-13-12-18-10-5-4-6-11-18/h7-10,17H,4-6,11-14,23H2,1-3H3,(H,24,28). The van der Waals surface area contributed by atoms with Crippen LogP contribution in [0.15, 0.2) is 35.0 Å². The lowest BCUT2D eigenvalue weighted by molar-refractivity contribution is -0.120. The number of nitrogen functional groups attached to an aromatic ring is 1. The minimum Gasteiger partial charge on any atom is -0.485 e. The van der Waals surface area contributed by atoms with Gasteiger partial charge in [-0.05, 0) is 64.0 Å². The summed E-state index contributed by atoms with van der Waals surface area (Å²) >= 11 is 1.30. The summed E-state index contributed by atoms with van der Waals surface area (Å²) < 4.78 is 7.31. The third-order valence-electron chi connectivity index (χ3n) is 5.27. The Kier molecular flexibility index (Phi) is 7.79. The molecular formula is C22H31N5O2S. The number of thioether (sulfide) groups is 1. The zero-order valence-corrected chi connectivity index (χ0v) is 18.8. The molecular weight excluding hydrogens is 398 g/mol. The van der Waals surface area contributed by atoms with Crippen LogP contribution in [0.5, 0.6) is 5.75 Å². The third kappa shape index (κ3) is 5.78. The molecule has 0 spiro atoms. The van der Waals surface area contributed by atoms with Crippen molar-refractivity contribution < 1.29 is 9.53 Å². The highest BCUT2D eigenvalue weighted by Gasteiger charge is 2.19. The minimum atomic E-state index is -0.316. The van der Waals surface area contributed by atoms with Crippen molar-refractivity contribution in [2.45, 2.75) is 69.9 Å². The van der Waals surface area contributed by atoms with Gasteiger partial charge in [0, 0.05) is 6.54 Å². The molecule has 1 heterocycles. The second-order valence-corrected chi connectivity index (χ2v) is 9.00. The SMILES string of the molecule is Cc1cccc(C)c1OCc1nnc(SC(C)C(=O)NCCC2=CCCCC2)n1N. The summed E-state index contributed by atoms with van der Waals surface area (Å²) in [6.45, 7) is 6.73. The maximum absolute atomic E-state index is 12.4. The molecule has 0 bridgehead atoms. The van der Waals surface area contributed by atoms with E-state index in [9.17, 15) is 4.79 Å². The average Bonchev–Trinajstić information content (AvgIpc) is 3.08. The monoisotopic (exact) mass is 429 g/mol. The first-order valence-corrected chi connectivity index (χ1v) is 11.3. The molecule has 0 aliphatic heterocycles. The fraction of sp³-hybridized carbons (Fsp3) is 0.500. The van der Waals surface area contributed by atoms with E-state index in [4.69, 9.17) is 10.6 Å². The van der Waals surface area contributed by atoms with Gasteiger partial charge in [-0.15, -0.1) is 10.2 Å². The summed E-state index contributed by atoms with van der Waals surface area (Å²) in [4.78, 5) is 12.4. The Labute approximate surface area is 182 Å². The molecule has 1 aromatic carbocycles. The first kappa shape index (κ1) is 22.2. The lowest BCUT2D eigenvalue weighted by Crippen LogP contribution is -2.32. The second kappa shape index (κ2) is 10.5. The second-order valence-electron chi connectivity index (χ2n) is 7.69. The molecule has 0 saturated carbocycles. The van der Waals surface area contributed by atoms with Gasteiger partial charge in [-0.3, -0.25) is 4.79 Å². The number of aryl methyl sites for hydroxylation is 2. The number of nitrogens with two attached hydrogens (primary N) is 1. The summed E-state index contributed by atoms with van der Waals surface area (Å²) in [6, 6.07) is 6.00. The number of aromatic nitrogens is 3. The first-order chi connectivity index (χ1) is 14.5. The molecule has 2 aromatic rings. The lowest BCUT2D eigenvalue weighted by atomic mass is 9.97. The van der Waals surface area contributed by atoms with Gasteiger partial charge in [0.25, 0.3) is 0 Å². The zero-order chi connectivity index (χ0) is 21.5. The zero-order valence-electron chi connectivity index (χ0n) is 18.0. The number of carbonyl (C=O) groups excluding carboxylic acids is 1. The number of hydrogen-bond donors (Lipinski definition) is 2. The van der Waals surface area contributed by atoms with Crippen LogP contribution in [0.3, 0.4) is 0 Å². The molecule has 0 saturated heterocycles. The molecule has 1 unspecified atom stereocenters. The Bertz CT molecular complexity index is 889. The molecule has 1 atom stereocenters. The Hall–Kier alpha value is -2.48. The highest BCUT2D eigenvalue weighted by molar-refractivity contribution is 8.00. The van der Waals surface area contributed by atoms with Crippen molar-refractivity contribution in [3.8, 4) is 5.75 Å². The number of hydrogen-bond acceptors (Lipinski definition) is 6. The molecule has 0 radical (unpaired) electrons. The molecule has 8 heteroatoms. The third-order valence-corrected chi connectivity index (χ3v) is 6.33. The van der Waals surface area contributed by atoms with E-state index in [1.54, 1.807) is 0 Å². The Morgan fingerprint density at radius 3 is 2.77 bits per heavy atom. The van der Waals surface area contributed by atoms with Gasteiger partial charge in [0.2, 0.25) is 11.1 Å². The van der Waals surface area contributed by atoms with E-state index >= 15 is 0 Å². The van der Waals surface area contributed by atoms with Crippen molar-refractivity contribution in [1.82, 2.24) is 20.2 Å². The van der Waals surface area contributed by atoms with Crippen molar-refractivity contribution in [3.05, 3.63) is 46.8 Å². The first-order valence-electron chi connectivity index (χ1n) is 10.5. The molecule has 1 amide bonds. The Balaban J connectivity index is 1.49. The molecule has 3 rings (SSSR count). The van der Waals surface area contributed by atoms with E-state index in [0.29, 0.717) is 17.5 Å². The van der Waals surface area contributed by atoms with Crippen LogP contribution < -0.4 is 15.9 Å². The smallest absolute Gasteiger partial charge is 0.233 e. The Morgan fingerprint density at radius 2 is 2.07 bits per heavy atom. The summed E-state index contributed by atoms with van der Waals surface area (Å²) in [5.74, 6) is 7.46. The molecule has 1 aromatic heterocycles. The van der Waals surface area contributed by atoms with Crippen LogP contribution in [0, 0.1) is 13.8 Å². The van der Waals surface area contributed by atoms with Crippen LogP contribution in [-0.2, 0) is 11.4 Å². The molecule has 1 aliphatic carbocycles. The molecule has 3 N–H and O–H groups in total. The van der Waals surface area contributed by atoms with Crippen molar-refractivity contribution in [1.29, 1.82) is 0 Å². The van der Waals surface area contributed by atoms with Gasteiger partial charge < -0.3 is 15.9 Å². The van der Waals surface area contributed by atoms with Crippen LogP contribution in [0.2, 0.25) is 0 Å². The van der Waals surface area contributed by atoms with Gasteiger partial charge in [0.05, 0.1) is 5.25 Å². The van der Waals surface area contributed by atoms with Gasteiger partial charge in [-0.25, -0.2) is 4.68 Å². The van der Waals surface area contributed by atoms with Crippen LogP contribution >= 0.6 is 11.8 Å². The lowest BCUT2D eigenvalue weighted by Gasteiger charge is -2.15. The normalized spacial score (nSPS) is 14.8. The maximum Gasteiger partial charge on any atom is 0.233 e. The van der Waals surface area contributed by atoms with Gasteiger partial charge in [0.1, 0.15) is 12.4 Å². The molecule has 7 nitrogen and oxygen atoms in total. The van der Waals surface area contributed by atoms with Crippen molar-refractivity contribution in [2.75, 3.05) is 12.4 Å². The highest BCUT2D eigenvalue weighted by Crippen LogP contribution is 2.25. The molecule has 162 valence electrons. The number of ether oxygens (including phenoxy) is 1. The van der Waals surface area contributed by atoms with Gasteiger partial charge in [-0.2, -0.15) is 0 Å². The van der Waals surface area contributed by atoms with Gasteiger partial charge in [-0.1, -0.05) is 41.6 Å². The van der Waals surface area contributed by atoms with E-state index in [2.05, 4.69) is 21.6 Å². The highest BCUT2D eigenvalue weighted by atomic mass is 32.2. The number of para-hydroxylation sites is 1.